The minimum atomic E-state index is -0.296. The summed E-state index contributed by atoms with van der Waals surface area (Å²) in [6, 6.07) is 0. The van der Waals surface area contributed by atoms with Gasteiger partial charge in [-0.1, -0.05) is 6.08 Å². The highest BCUT2D eigenvalue weighted by atomic mass is 16.5. The lowest BCUT2D eigenvalue weighted by atomic mass is 10.1. The summed E-state index contributed by atoms with van der Waals surface area (Å²) in [7, 11) is 0. The molecule has 0 saturated heterocycles. The first-order valence-electron chi connectivity index (χ1n) is 3.56. The second-order valence-electron chi connectivity index (χ2n) is 2.58. The number of ether oxygens (including phenoxy) is 1. The van der Waals surface area contributed by atoms with Crippen molar-refractivity contribution in [1.29, 1.82) is 0 Å². The molecule has 0 amide bonds. The van der Waals surface area contributed by atoms with Crippen molar-refractivity contribution >= 4 is 5.97 Å². The first kappa shape index (κ1) is 7.32. The summed E-state index contributed by atoms with van der Waals surface area (Å²) in [6.45, 7) is 5.88. The van der Waals surface area contributed by atoms with E-state index in [0.29, 0.717) is 6.61 Å². The van der Waals surface area contributed by atoms with Crippen LogP contribution in [0.1, 0.15) is 19.8 Å². The predicted molar refractivity (Wildman–Crippen MR) is 38.5 cm³/mol. The minimum Gasteiger partial charge on any atom is -0.465 e. The van der Waals surface area contributed by atoms with E-state index < -0.39 is 0 Å². The van der Waals surface area contributed by atoms with E-state index in [2.05, 4.69) is 6.58 Å². The molecule has 0 bridgehead atoms. The van der Waals surface area contributed by atoms with Gasteiger partial charge in [-0.3, -0.25) is 4.79 Å². The van der Waals surface area contributed by atoms with Crippen LogP contribution in [0.5, 0.6) is 0 Å². The molecule has 1 rings (SSSR count). The molecule has 2 heteroatoms. The fourth-order valence-electron chi connectivity index (χ4n) is 0.901. The topological polar surface area (TPSA) is 26.3 Å². The van der Waals surface area contributed by atoms with Crippen LogP contribution in [0.25, 0.3) is 0 Å². The zero-order valence-electron chi connectivity index (χ0n) is 6.22. The Morgan fingerprint density at radius 3 is 2.70 bits per heavy atom. The van der Waals surface area contributed by atoms with Crippen molar-refractivity contribution in [2.75, 3.05) is 6.61 Å². The fraction of sp³-hybridized carbons (Fsp3) is 0.625. The van der Waals surface area contributed by atoms with Crippen molar-refractivity contribution in [2.24, 2.45) is 5.41 Å². The Hall–Kier alpha value is -0.790. The summed E-state index contributed by atoms with van der Waals surface area (Å²) in [5.74, 6) is -0.106. The highest BCUT2D eigenvalue weighted by molar-refractivity contribution is 5.82. The highest BCUT2D eigenvalue weighted by Crippen LogP contribution is 2.47. The Morgan fingerprint density at radius 1 is 1.80 bits per heavy atom. The minimum absolute atomic E-state index is 0.106. The van der Waals surface area contributed by atoms with Gasteiger partial charge in [0.25, 0.3) is 0 Å². The van der Waals surface area contributed by atoms with Gasteiger partial charge in [0, 0.05) is 0 Å². The van der Waals surface area contributed by atoms with Crippen LogP contribution in [0.15, 0.2) is 12.7 Å². The third kappa shape index (κ3) is 1.06. The molecule has 0 aromatic carbocycles. The molecule has 1 aliphatic rings. The molecule has 0 atom stereocenters. The molecule has 56 valence electrons. The van der Waals surface area contributed by atoms with Crippen LogP contribution < -0.4 is 0 Å². The van der Waals surface area contributed by atoms with Crippen LogP contribution in [-0.2, 0) is 9.53 Å². The molecule has 1 fully saturated rings. The zero-order chi connectivity index (χ0) is 7.61. The molecule has 1 aliphatic carbocycles. The Morgan fingerprint density at radius 2 is 2.40 bits per heavy atom. The van der Waals surface area contributed by atoms with Crippen molar-refractivity contribution in [3.63, 3.8) is 0 Å². The number of esters is 1. The van der Waals surface area contributed by atoms with Crippen LogP contribution in [0, 0.1) is 5.41 Å². The molecule has 0 unspecified atom stereocenters. The summed E-state index contributed by atoms with van der Waals surface area (Å²) < 4.78 is 4.85. The normalized spacial score (nSPS) is 19.7. The fourth-order valence-corrected chi connectivity index (χ4v) is 0.901. The average molecular weight is 140 g/mol. The van der Waals surface area contributed by atoms with Crippen LogP contribution in [0.2, 0.25) is 0 Å². The first-order chi connectivity index (χ1) is 4.75. The first-order valence-corrected chi connectivity index (χ1v) is 3.56. The van der Waals surface area contributed by atoms with Crippen molar-refractivity contribution in [2.45, 2.75) is 19.8 Å². The smallest absolute Gasteiger partial charge is 0.315 e. The standard InChI is InChI=1S/C8H12O2/c1-3-8(5-6-8)7(9)10-4-2/h3H,1,4-6H2,2H3. The third-order valence-electron chi connectivity index (χ3n) is 1.86. The van der Waals surface area contributed by atoms with Gasteiger partial charge < -0.3 is 4.74 Å². The molecular weight excluding hydrogens is 128 g/mol. The van der Waals surface area contributed by atoms with Gasteiger partial charge in [-0.25, -0.2) is 0 Å². The number of rotatable bonds is 3. The molecule has 0 heterocycles. The van der Waals surface area contributed by atoms with Crippen LogP contribution >= 0.6 is 0 Å². The van der Waals surface area contributed by atoms with Gasteiger partial charge in [0.05, 0.1) is 12.0 Å². The second-order valence-corrected chi connectivity index (χ2v) is 2.58. The van der Waals surface area contributed by atoms with Gasteiger partial charge in [0.2, 0.25) is 0 Å². The predicted octanol–water partition coefficient (Wildman–Crippen LogP) is 1.52. The third-order valence-corrected chi connectivity index (χ3v) is 1.86. The van der Waals surface area contributed by atoms with E-state index >= 15 is 0 Å². The largest absolute Gasteiger partial charge is 0.465 e. The molecule has 0 N–H and O–H groups in total. The van der Waals surface area contributed by atoms with Crippen LogP contribution in [0.3, 0.4) is 0 Å². The van der Waals surface area contributed by atoms with Crippen LogP contribution in [0.4, 0.5) is 0 Å². The molecule has 0 aromatic rings. The van der Waals surface area contributed by atoms with Gasteiger partial charge in [0.1, 0.15) is 0 Å². The molecule has 2 nitrogen and oxygen atoms in total. The van der Waals surface area contributed by atoms with E-state index in [1.165, 1.54) is 0 Å². The van der Waals surface area contributed by atoms with E-state index in [-0.39, 0.29) is 11.4 Å². The summed E-state index contributed by atoms with van der Waals surface area (Å²) >= 11 is 0. The van der Waals surface area contributed by atoms with Crippen molar-refractivity contribution < 1.29 is 9.53 Å². The maximum absolute atomic E-state index is 11.1. The van der Waals surface area contributed by atoms with E-state index in [1.54, 1.807) is 6.08 Å². The summed E-state index contributed by atoms with van der Waals surface area (Å²) in [6.07, 6.45) is 3.52. The zero-order valence-corrected chi connectivity index (χ0v) is 6.22. The van der Waals surface area contributed by atoms with Crippen LogP contribution in [-0.4, -0.2) is 12.6 Å². The van der Waals surface area contributed by atoms with Gasteiger partial charge in [-0.15, -0.1) is 6.58 Å². The molecule has 0 radical (unpaired) electrons. The maximum atomic E-state index is 11.1. The average Bonchev–Trinajstić information content (AvgIpc) is 2.68. The quantitative estimate of drug-likeness (QED) is 0.439. The Balaban J connectivity index is 2.47. The molecule has 0 aromatic heterocycles. The highest BCUT2D eigenvalue weighted by Gasteiger charge is 2.48. The Bertz CT molecular complexity index is 157. The molecule has 0 aliphatic heterocycles. The molecule has 10 heavy (non-hydrogen) atoms. The summed E-state index contributed by atoms with van der Waals surface area (Å²) in [4.78, 5) is 11.1. The van der Waals surface area contributed by atoms with Crippen molar-refractivity contribution in [1.82, 2.24) is 0 Å². The SMILES string of the molecule is C=CC1(C(=O)OCC)CC1. The maximum Gasteiger partial charge on any atom is 0.315 e. The van der Waals surface area contributed by atoms with Gasteiger partial charge in [0.15, 0.2) is 0 Å². The number of hydrogen-bond donors (Lipinski definition) is 0. The van der Waals surface area contributed by atoms with Crippen molar-refractivity contribution in [3.05, 3.63) is 12.7 Å². The number of carbonyl (C=O) groups is 1. The Kier molecular flexibility index (Phi) is 1.79. The van der Waals surface area contributed by atoms with Crippen molar-refractivity contribution in [3.8, 4) is 0 Å². The second kappa shape index (κ2) is 2.45. The van der Waals surface area contributed by atoms with Gasteiger partial charge >= 0.3 is 5.97 Å². The molecular formula is C8H12O2. The number of hydrogen-bond acceptors (Lipinski definition) is 2. The van der Waals surface area contributed by atoms with Gasteiger partial charge in [-0.05, 0) is 19.8 Å². The Labute approximate surface area is 60.9 Å². The number of carbonyl (C=O) groups excluding carboxylic acids is 1. The molecule has 1 saturated carbocycles. The lowest BCUT2D eigenvalue weighted by Crippen LogP contribution is -2.16. The lowest BCUT2D eigenvalue weighted by molar-refractivity contribution is -0.147. The summed E-state index contributed by atoms with van der Waals surface area (Å²) in [5.41, 5.74) is -0.296. The van der Waals surface area contributed by atoms with Gasteiger partial charge in [-0.2, -0.15) is 0 Å². The van der Waals surface area contributed by atoms with E-state index in [9.17, 15) is 4.79 Å². The van der Waals surface area contributed by atoms with E-state index in [0.717, 1.165) is 12.8 Å². The summed E-state index contributed by atoms with van der Waals surface area (Å²) in [5, 5.41) is 0. The monoisotopic (exact) mass is 140 g/mol. The van der Waals surface area contributed by atoms with E-state index in [1.807, 2.05) is 6.92 Å². The molecule has 0 spiro atoms. The van der Waals surface area contributed by atoms with E-state index in [4.69, 9.17) is 4.74 Å². The lowest BCUT2D eigenvalue weighted by Gasteiger charge is -2.06.